The molecule has 9 heteroatoms. The molecule has 1 aromatic carbocycles. The molecule has 24 heavy (non-hydrogen) atoms. The summed E-state index contributed by atoms with van der Waals surface area (Å²) in [6.45, 7) is 1.40. The Morgan fingerprint density at radius 1 is 1.21 bits per heavy atom. The number of hydrogen-bond acceptors (Lipinski definition) is 3. The SMILES string of the molecule is CC(=O)Nc1ccc(C(F)(F)F)cc1NC(=O)CN1CCCC1=O. The number of amides is 3. The van der Waals surface area contributed by atoms with Crippen LogP contribution in [0, 0.1) is 0 Å². The average molecular weight is 343 g/mol. The van der Waals surface area contributed by atoms with Gasteiger partial charge in [-0.25, -0.2) is 0 Å². The summed E-state index contributed by atoms with van der Waals surface area (Å²) in [6, 6.07) is 2.63. The van der Waals surface area contributed by atoms with Crippen LogP contribution < -0.4 is 10.6 Å². The standard InChI is InChI=1S/C15H16F3N3O3/c1-9(22)19-11-5-4-10(15(16,17)18)7-12(11)20-13(23)8-21-6-2-3-14(21)24/h4-5,7H,2-3,6,8H2,1H3,(H,19,22)(H,20,23). The third-order valence-corrected chi connectivity index (χ3v) is 3.44. The highest BCUT2D eigenvalue weighted by Gasteiger charge is 2.31. The molecule has 0 atom stereocenters. The Morgan fingerprint density at radius 2 is 1.92 bits per heavy atom. The van der Waals surface area contributed by atoms with Crippen molar-refractivity contribution in [3.05, 3.63) is 23.8 Å². The fourth-order valence-electron chi connectivity index (χ4n) is 2.36. The molecule has 6 nitrogen and oxygen atoms in total. The van der Waals surface area contributed by atoms with E-state index in [9.17, 15) is 27.6 Å². The summed E-state index contributed by atoms with van der Waals surface area (Å²) in [5.74, 6) is -1.28. The Morgan fingerprint density at radius 3 is 2.46 bits per heavy atom. The van der Waals surface area contributed by atoms with Crippen molar-refractivity contribution >= 4 is 29.1 Å². The minimum absolute atomic E-state index is 0.0524. The van der Waals surface area contributed by atoms with Crippen molar-refractivity contribution in [2.24, 2.45) is 0 Å². The third kappa shape index (κ3) is 4.46. The van der Waals surface area contributed by atoms with E-state index in [1.165, 1.54) is 11.8 Å². The highest BCUT2D eigenvalue weighted by atomic mass is 19.4. The summed E-state index contributed by atoms with van der Waals surface area (Å²) in [4.78, 5) is 36.0. The van der Waals surface area contributed by atoms with Crippen molar-refractivity contribution in [2.45, 2.75) is 25.9 Å². The summed E-state index contributed by atoms with van der Waals surface area (Å²) in [7, 11) is 0. The van der Waals surface area contributed by atoms with Gasteiger partial charge in [0, 0.05) is 19.9 Å². The smallest absolute Gasteiger partial charge is 0.333 e. The quantitative estimate of drug-likeness (QED) is 0.880. The largest absolute Gasteiger partial charge is 0.416 e. The van der Waals surface area contributed by atoms with Gasteiger partial charge in [-0.3, -0.25) is 14.4 Å². The molecule has 3 amide bonds. The van der Waals surface area contributed by atoms with Crippen molar-refractivity contribution in [1.82, 2.24) is 4.90 Å². The molecule has 1 aliphatic rings. The monoisotopic (exact) mass is 343 g/mol. The highest BCUT2D eigenvalue weighted by Crippen LogP contribution is 2.34. The molecule has 0 spiro atoms. The Kier molecular flexibility index (Phi) is 5.10. The predicted octanol–water partition coefficient (Wildman–Crippen LogP) is 2.22. The first-order valence-electron chi connectivity index (χ1n) is 7.23. The van der Waals surface area contributed by atoms with Gasteiger partial charge in [-0.15, -0.1) is 0 Å². The predicted molar refractivity (Wildman–Crippen MR) is 80.2 cm³/mol. The molecule has 130 valence electrons. The van der Waals surface area contributed by atoms with Crippen LogP contribution in [-0.2, 0) is 20.6 Å². The number of nitrogens with zero attached hydrogens (tertiary/aromatic N) is 1. The zero-order valence-corrected chi connectivity index (χ0v) is 12.9. The molecule has 1 fully saturated rings. The number of carbonyl (C=O) groups excluding carboxylic acids is 3. The van der Waals surface area contributed by atoms with Gasteiger partial charge in [0.05, 0.1) is 23.5 Å². The molecule has 0 aromatic heterocycles. The van der Waals surface area contributed by atoms with E-state index in [-0.39, 0.29) is 23.8 Å². The van der Waals surface area contributed by atoms with Gasteiger partial charge < -0.3 is 15.5 Å². The maximum Gasteiger partial charge on any atom is 0.416 e. The summed E-state index contributed by atoms with van der Waals surface area (Å²) in [5, 5.41) is 4.69. The number of halogens is 3. The molecular formula is C15H16F3N3O3. The normalized spacial score (nSPS) is 14.7. The van der Waals surface area contributed by atoms with E-state index in [1.54, 1.807) is 0 Å². The fourth-order valence-corrected chi connectivity index (χ4v) is 2.36. The number of carbonyl (C=O) groups is 3. The van der Waals surface area contributed by atoms with E-state index in [0.29, 0.717) is 19.4 Å². The lowest BCUT2D eigenvalue weighted by Crippen LogP contribution is -2.34. The van der Waals surface area contributed by atoms with Crippen molar-refractivity contribution < 1.29 is 27.6 Å². The molecule has 0 aliphatic carbocycles. The van der Waals surface area contributed by atoms with Crippen LogP contribution in [0.4, 0.5) is 24.5 Å². The van der Waals surface area contributed by atoms with E-state index in [2.05, 4.69) is 10.6 Å². The number of anilines is 2. The molecule has 1 saturated heterocycles. The molecule has 0 saturated carbocycles. The molecule has 0 unspecified atom stereocenters. The second-order valence-corrected chi connectivity index (χ2v) is 5.41. The van der Waals surface area contributed by atoms with Crippen LogP contribution in [-0.4, -0.2) is 35.7 Å². The number of hydrogen-bond donors (Lipinski definition) is 2. The Labute approximate surface area is 136 Å². The van der Waals surface area contributed by atoms with E-state index < -0.39 is 23.6 Å². The Bertz CT molecular complexity index is 674. The molecule has 0 bridgehead atoms. The van der Waals surface area contributed by atoms with Crippen LogP contribution in [0.5, 0.6) is 0 Å². The first kappa shape index (κ1) is 17.8. The van der Waals surface area contributed by atoms with Gasteiger partial charge in [0.25, 0.3) is 0 Å². The topological polar surface area (TPSA) is 78.5 Å². The van der Waals surface area contributed by atoms with Crippen LogP contribution in [0.15, 0.2) is 18.2 Å². The minimum atomic E-state index is -4.58. The lowest BCUT2D eigenvalue weighted by Gasteiger charge is -2.17. The van der Waals surface area contributed by atoms with Gasteiger partial charge in [0.1, 0.15) is 0 Å². The van der Waals surface area contributed by atoms with Crippen molar-refractivity contribution in [1.29, 1.82) is 0 Å². The minimum Gasteiger partial charge on any atom is -0.333 e. The number of alkyl halides is 3. The van der Waals surface area contributed by atoms with E-state index in [0.717, 1.165) is 18.2 Å². The van der Waals surface area contributed by atoms with Crippen LogP contribution >= 0.6 is 0 Å². The first-order chi connectivity index (χ1) is 11.2. The lowest BCUT2D eigenvalue weighted by molar-refractivity contribution is -0.137. The van der Waals surface area contributed by atoms with Crippen LogP contribution in [0.3, 0.4) is 0 Å². The molecule has 1 aliphatic heterocycles. The fraction of sp³-hybridized carbons (Fsp3) is 0.400. The number of nitrogens with one attached hydrogen (secondary N) is 2. The van der Waals surface area contributed by atoms with Crippen molar-refractivity contribution in [3.63, 3.8) is 0 Å². The average Bonchev–Trinajstić information content (AvgIpc) is 2.84. The van der Waals surface area contributed by atoms with Crippen molar-refractivity contribution in [3.8, 4) is 0 Å². The third-order valence-electron chi connectivity index (χ3n) is 3.44. The molecule has 1 heterocycles. The van der Waals surface area contributed by atoms with Crippen LogP contribution in [0.25, 0.3) is 0 Å². The van der Waals surface area contributed by atoms with Crippen molar-refractivity contribution in [2.75, 3.05) is 23.7 Å². The molecule has 2 rings (SSSR count). The van der Waals surface area contributed by atoms with Gasteiger partial charge in [0.2, 0.25) is 17.7 Å². The highest BCUT2D eigenvalue weighted by molar-refractivity contribution is 6.00. The van der Waals surface area contributed by atoms with E-state index >= 15 is 0 Å². The number of rotatable bonds is 4. The molecule has 2 N–H and O–H groups in total. The summed E-state index contributed by atoms with van der Waals surface area (Å²) in [5.41, 5.74) is -1.07. The van der Waals surface area contributed by atoms with Crippen LogP contribution in [0.2, 0.25) is 0 Å². The zero-order valence-electron chi connectivity index (χ0n) is 12.9. The maximum absolute atomic E-state index is 12.8. The van der Waals surface area contributed by atoms with Gasteiger partial charge in [-0.2, -0.15) is 13.2 Å². The van der Waals surface area contributed by atoms with E-state index in [1.807, 2.05) is 0 Å². The lowest BCUT2D eigenvalue weighted by atomic mass is 10.1. The molecule has 0 radical (unpaired) electrons. The van der Waals surface area contributed by atoms with Crippen LogP contribution in [0.1, 0.15) is 25.3 Å². The zero-order chi connectivity index (χ0) is 17.9. The van der Waals surface area contributed by atoms with Gasteiger partial charge >= 0.3 is 6.18 Å². The molecular weight excluding hydrogens is 327 g/mol. The Hall–Kier alpha value is -2.58. The summed E-state index contributed by atoms with van der Waals surface area (Å²) >= 11 is 0. The summed E-state index contributed by atoms with van der Waals surface area (Å²) in [6.07, 6.45) is -3.58. The van der Waals surface area contributed by atoms with E-state index in [4.69, 9.17) is 0 Å². The molecule has 1 aromatic rings. The second kappa shape index (κ2) is 6.90. The van der Waals surface area contributed by atoms with Gasteiger partial charge in [-0.05, 0) is 24.6 Å². The Balaban J connectivity index is 2.20. The number of benzene rings is 1. The number of likely N-dealkylation sites (tertiary alicyclic amines) is 1. The summed E-state index contributed by atoms with van der Waals surface area (Å²) < 4.78 is 38.5. The first-order valence-corrected chi connectivity index (χ1v) is 7.23. The van der Waals surface area contributed by atoms with Gasteiger partial charge in [0.15, 0.2) is 0 Å². The second-order valence-electron chi connectivity index (χ2n) is 5.41. The van der Waals surface area contributed by atoms with Gasteiger partial charge in [-0.1, -0.05) is 0 Å². The maximum atomic E-state index is 12.8.